The second-order valence-electron chi connectivity index (χ2n) is 7.69. The summed E-state index contributed by atoms with van der Waals surface area (Å²) in [5.74, 6) is 1.94. The molecule has 10 nitrogen and oxygen atoms in total. The van der Waals surface area contributed by atoms with Gasteiger partial charge in [-0.05, 0) is 42.5 Å². The number of fused-ring (bicyclic) bond motifs is 2. The molecule has 2 aliphatic heterocycles. The van der Waals surface area contributed by atoms with Crippen LogP contribution in [0.4, 0.5) is 5.82 Å². The number of hydrogen-bond acceptors (Lipinski definition) is 8. The maximum Gasteiger partial charge on any atom is 0.254 e. The highest BCUT2D eigenvalue weighted by Crippen LogP contribution is 2.33. The number of aromatic nitrogens is 5. The van der Waals surface area contributed by atoms with Gasteiger partial charge in [0.05, 0.1) is 5.69 Å². The number of rotatable bonds is 3. The van der Waals surface area contributed by atoms with Crippen molar-refractivity contribution in [2.45, 2.75) is 0 Å². The molecule has 2 aromatic carbocycles. The Morgan fingerprint density at radius 3 is 2.55 bits per heavy atom. The van der Waals surface area contributed by atoms with Gasteiger partial charge >= 0.3 is 0 Å². The Labute approximate surface area is 193 Å². The fourth-order valence-electron chi connectivity index (χ4n) is 4.06. The third-order valence-corrected chi connectivity index (χ3v) is 6.03. The van der Waals surface area contributed by atoms with E-state index in [1.807, 2.05) is 17.0 Å². The summed E-state index contributed by atoms with van der Waals surface area (Å²) >= 11 is 6.00. The van der Waals surface area contributed by atoms with E-state index in [1.165, 1.54) is 6.33 Å². The molecular formula is C22H18ClN7O3. The van der Waals surface area contributed by atoms with Crippen LogP contribution in [0.25, 0.3) is 16.9 Å². The molecule has 0 N–H and O–H groups in total. The minimum absolute atomic E-state index is 0.0329. The van der Waals surface area contributed by atoms with Gasteiger partial charge in [0, 0.05) is 36.8 Å². The van der Waals surface area contributed by atoms with E-state index in [4.69, 9.17) is 21.1 Å². The van der Waals surface area contributed by atoms with Gasteiger partial charge in [-0.25, -0.2) is 9.97 Å². The molecule has 4 aromatic rings. The minimum Gasteiger partial charge on any atom is -0.454 e. The number of piperazine rings is 1. The van der Waals surface area contributed by atoms with Gasteiger partial charge in [0.2, 0.25) is 6.79 Å². The van der Waals surface area contributed by atoms with Crippen LogP contribution in [0.2, 0.25) is 5.02 Å². The minimum atomic E-state index is -0.0329. The van der Waals surface area contributed by atoms with E-state index in [0.717, 1.165) is 5.69 Å². The third-order valence-electron chi connectivity index (χ3n) is 5.78. The lowest BCUT2D eigenvalue weighted by atomic mass is 10.1. The predicted molar refractivity (Wildman–Crippen MR) is 120 cm³/mol. The number of carbonyl (C=O) groups excluding carboxylic acids is 1. The number of benzene rings is 2. The molecule has 166 valence electrons. The van der Waals surface area contributed by atoms with Gasteiger partial charge < -0.3 is 19.3 Å². The second kappa shape index (κ2) is 7.89. The molecule has 0 aliphatic carbocycles. The predicted octanol–water partition coefficient (Wildman–Crippen LogP) is 2.56. The van der Waals surface area contributed by atoms with Gasteiger partial charge in [-0.15, -0.1) is 5.10 Å². The Kier molecular flexibility index (Phi) is 4.72. The van der Waals surface area contributed by atoms with Crippen LogP contribution in [-0.2, 0) is 0 Å². The third kappa shape index (κ3) is 3.48. The van der Waals surface area contributed by atoms with Crippen molar-refractivity contribution >= 4 is 34.5 Å². The van der Waals surface area contributed by atoms with Crippen molar-refractivity contribution in [3.8, 4) is 17.2 Å². The normalized spacial score (nSPS) is 15.3. The van der Waals surface area contributed by atoms with Crippen LogP contribution in [0.1, 0.15) is 10.4 Å². The first-order valence-corrected chi connectivity index (χ1v) is 10.8. The van der Waals surface area contributed by atoms with Crippen LogP contribution < -0.4 is 14.4 Å². The van der Waals surface area contributed by atoms with Gasteiger partial charge in [-0.1, -0.05) is 16.8 Å². The molecule has 2 aromatic heterocycles. The number of amides is 1. The highest BCUT2D eigenvalue weighted by atomic mass is 35.5. The number of anilines is 1. The Morgan fingerprint density at radius 1 is 0.939 bits per heavy atom. The van der Waals surface area contributed by atoms with Crippen molar-refractivity contribution < 1.29 is 14.3 Å². The monoisotopic (exact) mass is 463 g/mol. The van der Waals surface area contributed by atoms with Crippen molar-refractivity contribution in [1.29, 1.82) is 0 Å². The summed E-state index contributed by atoms with van der Waals surface area (Å²) < 4.78 is 12.4. The molecule has 1 fully saturated rings. The largest absolute Gasteiger partial charge is 0.454 e. The first kappa shape index (κ1) is 19.7. The molecule has 0 unspecified atom stereocenters. The Balaban J connectivity index is 1.21. The van der Waals surface area contributed by atoms with Gasteiger partial charge in [0.1, 0.15) is 6.33 Å². The van der Waals surface area contributed by atoms with E-state index in [9.17, 15) is 4.79 Å². The molecule has 0 bridgehead atoms. The maximum atomic E-state index is 13.0. The molecule has 0 atom stereocenters. The first-order chi connectivity index (χ1) is 16.2. The molecule has 33 heavy (non-hydrogen) atoms. The van der Waals surface area contributed by atoms with Crippen molar-refractivity contribution in [3.05, 3.63) is 59.4 Å². The van der Waals surface area contributed by atoms with E-state index in [1.54, 1.807) is 35.0 Å². The van der Waals surface area contributed by atoms with Crippen molar-refractivity contribution in [2.24, 2.45) is 0 Å². The van der Waals surface area contributed by atoms with E-state index >= 15 is 0 Å². The summed E-state index contributed by atoms with van der Waals surface area (Å²) in [6.45, 7) is 2.54. The van der Waals surface area contributed by atoms with Crippen molar-refractivity contribution in [3.63, 3.8) is 0 Å². The standard InChI is InChI=1S/C22H18ClN7O3/c23-15-2-4-16(5-3-15)30-21-19(26-27-30)20(24-12-25-21)28-7-9-29(10-8-28)22(31)14-1-6-17-18(11-14)33-13-32-17/h1-6,11-12H,7-10,13H2. The number of carbonyl (C=O) groups is 1. The highest BCUT2D eigenvalue weighted by Gasteiger charge is 2.26. The second-order valence-corrected chi connectivity index (χ2v) is 8.13. The van der Waals surface area contributed by atoms with Crippen LogP contribution in [0.5, 0.6) is 11.5 Å². The average Bonchev–Trinajstić information content (AvgIpc) is 3.51. The van der Waals surface area contributed by atoms with E-state index in [2.05, 4.69) is 25.2 Å². The molecule has 1 saturated heterocycles. The van der Waals surface area contributed by atoms with Gasteiger partial charge in [0.25, 0.3) is 5.91 Å². The topological polar surface area (TPSA) is 98.5 Å². The average molecular weight is 464 g/mol. The van der Waals surface area contributed by atoms with Crippen LogP contribution >= 0.6 is 11.6 Å². The molecule has 0 spiro atoms. The SMILES string of the molecule is O=C(c1ccc2c(c1)OCO2)N1CCN(c2ncnc3c2nnn3-c2ccc(Cl)cc2)CC1. The van der Waals surface area contributed by atoms with Gasteiger partial charge in [0.15, 0.2) is 28.5 Å². The van der Waals surface area contributed by atoms with Crippen LogP contribution in [0, 0.1) is 0 Å². The Morgan fingerprint density at radius 2 is 1.73 bits per heavy atom. The zero-order valence-electron chi connectivity index (χ0n) is 17.4. The van der Waals surface area contributed by atoms with Crippen LogP contribution in [0.15, 0.2) is 48.8 Å². The first-order valence-electron chi connectivity index (χ1n) is 10.4. The Hall–Kier alpha value is -3.92. The summed E-state index contributed by atoms with van der Waals surface area (Å²) in [7, 11) is 0. The number of halogens is 1. The lowest BCUT2D eigenvalue weighted by Gasteiger charge is -2.35. The zero-order chi connectivity index (χ0) is 22.4. The fourth-order valence-corrected chi connectivity index (χ4v) is 4.18. The zero-order valence-corrected chi connectivity index (χ0v) is 18.1. The van der Waals surface area contributed by atoms with Crippen molar-refractivity contribution in [2.75, 3.05) is 37.9 Å². The lowest BCUT2D eigenvalue weighted by Crippen LogP contribution is -2.49. The quantitative estimate of drug-likeness (QED) is 0.457. The molecule has 0 saturated carbocycles. The smallest absolute Gasteiger partial charge is 0.254 e. The van der Waals surface area contributed by atoms with Gasteiger partial charge in [-0.2, -0.15) is 4.68 Å². The van der Waals surface area contributed by atoms with Gasteiger partial charge in [-0.3, -0.25) is 4.79 Å². The summed E-state index contributed by atoms with van der Waals surface area (Å²) in [6, 6.07) is 12.6. The molecule has 2 aliphatic rings. The molecule has 11 heteroatoms. The molecule has 6 rings (SSSR count). The van der Waals surface area contributed by atoms with Crippen LogP contribution in [-0.4, -0.2) is 68.7 Å². The molecule has 1 amide bonds. The van der Waals surface area contributed by atoms with E-state index < -0.39 is 0 Å². The number of hydrogen-bond donors (Lipinski definition) is 0. The summed E-state index contributed by atoms with van der Waals surface area (Å²) in [4.78, 5) is 25.8. The maximum absolute atomic E-state index is 13.0. The lowest BCUT2D eigenvalue weighted by molar-refractivity contribution is 0.0746. The van der Waals surface area contributed by atoms with Crippen LogP contribution in [0.3, 0.4) is 0 Å². The fraction of sp³-hybridized carbons (Fsp3) is 0.227. The summed E-state index contributed by atoms with van der Waals surface area (Å²) in [6.07, 6.45) is 1.51. The highest BCUT2D eigenvalue weighted by molar-refractivity contribution is 6.30. The number of nitrogens with zero attached hydrogens (tertiary/aromatic N) is 7. The summed E-state index contributed by atoms with van der Waals surface area (Å²) in [5.41, 5.74) is 2.62. The Bertz CT molecular complexity index is 1350. The van der Waals surface area contributed by atoms with Crippen molar-refractivity contribution in [1.82, 2.24) is 29.9 Å². The van der Waals surface area contributed by atoms with E-state index in [0.29, 0.717) is 65.2 Å². The summed E-state index contributed by atoms with van der Waals surface area (Å²) in [5, 5.41) is 9.25. The molecular weight excluding hydrogens is 446 g/mol. The van der Waals surface area contributed by atoms with E-state index in [-0.39, 0.29) is 12.7 Å². The molecule has 0 radical (unpaired) electrons. The molecule has 4 heterocycles. The number of ether oxygens (including phenoxy) is 2.